The Balaban J connectivity index is 0.000000290. The summed E-state index contributed by atoms with van der Waals surface area (Å²) in [6.45, 7) is 13.9. The molecular formula is C64H77ClIN20O17S4-. The summed E-state index contributed by atoms with van der Waals surface area (Å²) >= 11 is 4.29. The Labute approximate surface area is 651 Å². The summed E-state index contributed by atoms with van der Waals surface area (Å²) in [6.07, 6.45) is 5.13. The van der Waals surface area contributed by atoms with Crippen molar-refractivity contribution in [1.82, 2.24) is 58.3 Å². The Morgan fingerprint density at radius 1 is 0.729 bits per heavy atom. The number of anilines is 2. The maximum absolute atomic E-state index is 14.1. The predicted molar refractivity (Wildman–Crippen MR) is 384 cm³/mol. The number of rotatable bonds is 27. The largest absolute Gasteiger partial charge is 1.00 e. The van der Waals surface area contributed by atoms with Crippen LogP contribution < -0.4 is 75.5 Å². The number of aliphatic carboxylic acids is 1. The quantitative estimate of drug-likeness (QED) is 0.00502. The smallest absolute Gasteiger partial charge is 0.414 e. The van der Waals surface area contributed by atoms with Crippen LogP contribution in [-0.4, -0.2) is 208 Å². The number of halogens is 2. The summed E-state index contributed by atoms with van der Waals surface area (Å²) in [5, 5.41) is 58.3. The highest BCUT2D eigenvalue weighted by molar-refractivity contribution is 8.00. The number of aliphatic imine (C=N–C) groups is 1. The number of β-lactam (4-membered cyclic amide) rings is 2. The lowest BCUT2D eigenvalue weighted by molar-refractivity contribution is -0.665. The van der Waals surface area contributed by atoms with Gasteiger partial charge in [0.25, 0.3) is 23.6 Å². The molecule has 6 aromatic heterocycles. The first-order valence-electron chi connectivity index (χ1n) is 32.5. The minimum atomic E-state index is -1.50. The predicted octanol–water partition coefficient (Wildman–Crippen LogP) is -3.39. The minimum Gasteiger partial charge on any atom is -1.00 e. The molecule has 7 aromatic rings. The number of carbonyl (C=O) groups is 7. The van der Waals surface area contributed by atoms with Crippen molar-refractivity contribution in [3.05, 3.63) is 113 Å². The standard InChI is InChI=1S/C41H50N10O11S2.C23H26N10O6S2.ClH.HI/c1-9-60-47-28(31-45-37(64-48-31)46-39(57)62-41(5,6)7)33(53)44-29-34(54)51-30(36(55)59-20-23-12-14-26(58-8)15-13-23)24(21-63-35(29)51)17-49-16-10-11-27-32(49)42-22-50(27)18-25(19-52)43-38(56)61-40(2,3)4;1-2-39-29-14(17-28-23(25)41-30-17)19(35)27-15-20(36)33-16(22(37)38)11(9-40-21(15)33)6-31-5-3-4-13-18(31)26-10-32(13)7-12(24)8-34;;/h10-16,22,25,29,35,52H,9,17-21H2,1-8H3,(H2-,43,44,45,46,48,53,56,57);3-5,10,12,15,21,34H,2,6-9,24H2,1H3,(H3-,25,27,28,30,35,37,38);2*1H/p-1/b47-28-;29-14-;;. The molecule has 0 saturated carbocycles. The van der Waals surface area contributed by atoms with Crippen molar-refractivity contribution >= 4 is 151 Å². The molecule has 4 aliphatic heterocycles. The minimum absolute atomic E-state index is 0. The van der Waals surface area contributed by atoms with Crippen molar-refractivity contribution in [3.8, 4) is 5.75 Å². The Hall–Kier alpha value is -9.44. The molecule has 574 valence electrons. The highest BCUT2D eigenvalue weighted by Gasteiger charge is 2.56. The number of esters is 1. The molecule has 0 spiro atoms. The number of carbonyl (C=O) groups excluding carboxylic acids is 7. The third-order valence-electron chi connectivity index (χ3n) is 15.5. The number of amides is 5. The maximum Gasteiger partial charge on any atom is 0.414 e. The summed E-state index contributed by atoms with van der Waals surface area (Å²) in [4.78, 5) is 127. The highest BCUT2D eigenvalue weighted by Crippen LogP contribution is 2.42. The molecule has 0 radical (unpaired) electrons. The molecule has 4 aliphatic rings. The number of nitrogen functional groups attached to an aromatic ring is 1. The number of aliphatic hydroxyl groups excluding tert-OH is 2. The Kier molecular flexibility index (Phi) is 28.3. The zero-order chi connectivity index (χ0) is 75.6. The zero-order valence-corrected chi connectivity index (χ0v) is 65.2. The average Bonchev–Trinajstić information content (AvgIpc) is 1.28. The van der Waals surface area contributed by atoms with E-state index in [1.54, 1.807) is 138 Å². The number of nitrogens with two attached hydrogens (primary N) is 2. The Morgan fingerprint density at radius 3 is 1.73 bits per heavy atom. The van der Waals surface area contributed by atoms with Gasteiger partial charge in [-0.25, -0.2) is 18.7 Å². The molecule has 43 heteroatoms. The van der Waals surface area contributed by atoms with Crippen LogP contribution in [0.25, 0.3) is 22.3 Å². The third-order valence-corrected chi connectivity index (χ3v) is 19.3. The van der Waals surface area contributed by atoms with E-state index in [2.05, 4.69) is 59.9 Å². The summed E-state index contributed by atoms with van der Waals surface area (Å²) in [5.41, 5.74) is 13.3. The van der Waals surface area contributed by atoms with Gasteiger partial charge in [-0.05, 0) is 86.5 Å². The summed E-state index contributed by atoms with van der Waals surface area (Å²) in [6, 6.07) is 10.8. The van der Waals surface area contributed by atoms with Crippen LogP contribution in [-0.2, 0) is 85.4 Å². The number of imidazole rings is 2. The van der Waals surface area contributed by atoms with Crippen molar-refractivity contribution in [2.24, 2.45) is 21.0 Å². The van der Waals surface area contributed by atoms with Crippen molar-refractivity contribution in [3.63, 3.8) is 0 Å². The maximum atomic E-state index is 14.1. The van der Waals surface area contributed by atoms with Crippen LogP contribution in [0.5, 0.6) is 5.75 Å². The van der Waals surface area contributed by atoms with Crippen LogP contribution in [0.1, 0.15) is 72.6 Å². The number of ether oxygens (including phenoxy) is 4. The van der Waals surface area contributed by atoms with E-state index < -0.39 is 100 Å². The lowest BCUT2D eigenvalue weighted by Crippen LogP contribution is -3.00. The number of carboxylic acids is 1. The van der Waals surface area contributed by atoms with E-state index in [4.69, 9.17) is 40.1 Å². The van der Waals surface area contributed by atoms with Crippen molar-refractivity contribution in [2.45, 2.75) is 134 Å². The monoisotopic (exact) mass is 1690 g/mol. The average molecular weight is 1690 g/mol. The number of fused-ring (bicyclic) bond motifs is 4. The summed E-state index contributed by atoms with van der Waals surface area (Å²) in [7, 11) is 1.54. The molecule has 5 amide bonds. The molecule has 0 bridgehead atoms. The fraction of sp³-hybridized carbons (Fsp3) is 0.438. The second-order valence-electron chi connectivity index (χ2n) is 25.4. The van der Waals surface area contributed by atoms with E-state index in [1.807, 2.05) is 16.7 Å². The lowest BCUT2D eigenvalue weighted by Gasteiger charge is -2.50. The van der Waals surface area contributed by atoms with Crippen LogP contribution in [0, 0.1) is 0 Å². The van der Waals surface area contributed by atoms with Crippen LogP contribution in [0.15, 0.2) is 111 Å². The number of aromatic nitrogens is 10. The van der Waals surface area contributed by atoms with Crippen LogP contribution in [0.4, 0.5) is 15.1 Å². The summed E-state index contributed by atoms with van der Waals surface area (Å²) < 4.78 is 36.9. The molecule has 10 heterocycles. The van der Waals surface area contributed by atoms with Gasteiger partial charge >= 0.3 is 23.4 Å². The highest BCUT2D eigenvalue weighted by atomic mass is 127. The number of thioether (sulfide) groups is 2. The molecular weight excluding hydrogens is 1610 g/mol. The second-order valence-corrected chi connectivity index (χ2v) is 29.2. The Morgan fingerprint density at radius 2 is 1.24 bits per heavy atom. The van der Waals surface area contributed by atoms with E-state index in [-0.39, 0.29) is 139 Å². The molecule has 6 unspecified atom stereocenters. The van der Waals surface area contributed by atoms with Crippen molar-refractivity contribution < 1.29 is 116 Å². The number of nitrogens with one attached hydrogen (secondary N) is 3. The van der Waals surface area contributed by atoms with Crippen LogP contribution in [0.2, 0.25) is 0 Å². The number of hydrogen-bond donors (Lipinski definition) is 7. The number of pyridine rings is 2. The number of oxime groups is 2. The van der Waals surface area contributed by atoms with Gasteiger partial charge < -0.3 is 109 Å². The molecule has 37 nitrogen and oxygen atoms in total. The SMILES string of the molecule is CCO/N=C(\C(=O)NC1C(=O)N2C(C(=O)OCc3ccc(OC)cc3)=C(C[n+]3cccc4c3ncn4CC(CO)N=C([O-])OC(C)(C)C)CSC12)c1nsc(NC(=O)OC(C)(C)C)n1.CCO/N=C(\C(=O)NC1C(=O)N2C(C(=O)[O-])=C(C[n+]3cccc4c3ncn4CC(N)CO)CSC12)c1nsc(N)n1.Cl.[I-]. The van der Waals surface area contributed by atoms with Gasteiger partial charge in [-0.1, -0.05) is 43.2 Å². The summed E-state index contributed by atoms with van der Waals surface area (Å²) in [5.74, 6) is -4.11. The molecule has 2 fully saturated rings. The van der Waals surface area contributed by atoms with Crippen molar-refractivity contribution in [1.29, 1.82) is 0 Å². The van der Waals surface area contributed by atoms with Crippen LogP contribution in [0.3, 0.4) is 0 Å². The molecule has 1 aromatic carbocycles. The zero-order valence-electron chi connectivity index (χ0n) is 59.0. The fourth-order valence-electron chi connectivity index (χ4n) is 10.9. The van der Waals surface area contributed by atoms with Crippen LogP contribution >= 0.6 is 59.0 Å². The van der Waals surface area contributed by atoms with Gasteiger partial charge in [0.15, 0.2) is 5.13 Å². The first-order valence-corrected chi connectivity index (χ1v) is 36.1. The first-order chi connectivity index (χ1) is 50.1. The van der Waals surface area contributed by atoms with Gasteiger partial charge in [0.2, 0.25) is 40.9 Å². The molecule has 0 aliphatic carbocycles. The molecule has 2 saturated heterocycles. The number of methoxy groups -OCH3 is 1. The topological polar surface area (TPSA) is 488 Å². The Bertz CT molecular complexity index is 4600. The van der Waals surface area contributed by atoms with E-state index in [0.717, 1.165) is 33.5 Å². The third kappa shape index (κ3) is 20.0. The van der Waals surface area contributed by atoms with Gasteiger partial charge in [0.1, 0.15) is 89.9 Å². The number of aliphatic hydroxyl groups is 2. The first kappa shape index (κ1) is 83.2. The second kappa shape index (κ2) is 36.4. The number of nitrogens with zero attached hydrogens (tertiary/aromatic N) is 15. The molecule has 6 atom stereocenters. The lowest BCUT2D eigenvalue weighted by atomic mass is 10.0. The molecule has 9 N–H and O–H groups in total. The van der Waals surface area contributed by atoms with E-state index in [9.17, 15) is 54.0 Å². The number of carboxylic acid groups (broad SMARTS) is 1. The normalized spacial score (nSPS) is 17.9. The van der Waals surface area contributed by atoms with E-state index >= 15 is 0 Å². The number of hydrogen-bond acceptors (Lipinski definition) is 32. The fourth-order valence-corrected chi connectivity index (χ4v) is 14.6. The number of benzene rings is 1. The van der Waals surface area contributed by atoms with Gasteiger partial charge in [0.05, 0.1) is 57.0 Å². The van der Waals surface area contributed by atoms with E-state index in [1.165, 1.54) is 28.4 Å². The van der Waals surface area contributed by atoms with E-state index in [0.29, 0.717) is 45.8 Å². The molecule has 11 rings (SSSR count). The van der Waals surface area contributed by atoms with Gasteiger partial charge in [-0.3, -0.25) is 39.3 Å². The molecule has 107 heavy (non-hydrogen) atoms. The van der Waals surface area contributed by atoms with Gasteiger partial charge in [-0.2, -0.15) is 18.7 Å². The van der Waals surface area contributed by atoms with Crippen molar-refractivity contribution in [2.75, 3.05) is 56.1 Å². The van der Waals surface area contributed by atoms with Gasteiger partial charge in [0, 0.05) is 63.9 Å². The van der Waals surface area contributed by atoms with Gasteiger partial charge in [-0.15, -0.1) is 35.9 Å².